The molecule has 9 nitrogen and oxygen atoms in total. The largest absolute Gasteiger partial charge is 0.400 e. The molecule has 9 heteroatoms. The minimum Gasteiger partial charge on any atom is -0.400 e. The Bertz CT molecular complexity index is 1100. The molecule has 0 unspecified atom stereocenters. The van der Waals surface area contributed by atoms with Gasteiger partial charge < -0.3 is 19.9 Å². The summed E-state index contributed by atoms with van der Waals surface area (Å²) in [5.74, 6) is 2.24. The Morgan fingerprint density at radius 3 is 2.72 bits per heavy atom. The second-order valence-corrected chi connectivity index (χ2v) is 6.74. The number of nitrogens with zero attached hydrogens (tertiary/aromatic N) is 7. The van der Waals surface area contributed by atoms with Gasteiger partial charge >= 0.3 is 0 Å². The lowest BCUT2D eigenvalue weighted by Gasteiger charge is -2.16. The fourth-order valence-corrected chi connectivity index (χ4v) is 3.41. The van der Waals surface area contributed by atoms with Gasteiger partial charge in [0.15, 0.2) is 5.82 Å². The van der Waals surface area contributed by atoms with Gasteiger partial charge in [-0.3, -0.25) is 4.98 Å². The molecule has 0 amide bonds. The number of aliphatic hydroxyl groups is 1. The van der Waals surface area contributed by atoms with Gasteiger partial charge in [-0.2, -0.15) is 4.98 Å². The lowest BCUT2D eigenvalue weighted by molar-refractivity contribution is 0.399. The number of aliphatic hydroxyl groups excluding tert-OH is 1. The number of hydrogen-bond donors (Lipinski definition) is 2. The van der Waals surface area contributed by atoms with Crippen LogP contribution in [0.4, 0.5) is 17.6 Å². The van der Waals surface area contributed by atoms with Crippen LogP contribution in [0.5, 0.6) is 0 Å². The maximum Gasteiger partial charge on any atom is 0.245 e. The number of aromatic nitrogens is 6. The van der Waals surface area contributed by atoms with Crippen LogP contribution in [-0.2, 0) is 0 Å². The van der Waals surface area contributed by atoms with Crippen molar-refractivity contribution in [3.8, 4) is 5.69 Å². The smallest absolute Gasteiger partial charge is 0.245 e. The van der Waals surface area contributed by atoms with Gasteiger partial charge in [0.05, 0.1) is 6.20 Å². The summed E-state index contributed by atoms with van der Waals surface area (Å²) in [6.07, 6.45) is 9.85. The van der Waals surface area contributed by atoms with E-state index in [4.69, 9.17) is 10.1 Å². The predicted molar refractivity (Wildman–Crippen MR) is 112 cm³/mol. The summed E-state index contributed by atoms with van der Waals surface area (Å²) >= 11 is 0. The average molecular weight is 392 g/mol. The molecule has 1 aliphatic heterocycles. The van der Waals surface area contributed by atoms with E-state index in [2.05, 4.69) is 25.3 Å². The van der Waals surface area contributed by atoms with Gasteiger partial charge in [0, 0.05) is 44.0 Å². The van der Waals surface area contributed by atoms with Crippen LogP contribution in [-0.4, -0.2) is 54.4 Å². The van der Waals surface area contributed by atoms with Crippen molar-refractivity contribution in [2.75, 3.05) is 30.4 Å². The number of aryl methyl sites for hydroxylation is 1. The van der Waals surface area contributed by atoms with Crippen molar-refractivity contribution in [1.82, 2.24) is 29.1 Å². The van der Waals surface area contributed by atoms with Crippen molar-refractivity contribution in [3.05, 3.63) is 54.9 Å². The van der Waals surface area contributed by atoms with Crippen molar-refractivity contribution in [2.45, 2.75) is 19.8 Å². The first kappa shape index (κ1) is 18.9. The van der Waals surface area contributed by atoms with Gasteiger partial charge in [-0.15, -0.1) is 5.10 Å². The van der Waals surface area contributed by atoms with Crippen molar-refractivity contribution in [3.63, 3.8) is 0 Å². The second-order valence-electron chi connectivity index (χ2n) is 6.74. The zero-order chi connectivity index (χ0) is 20.2. The van der Waals surface area contributed by atoms with Gasteiger partial charge in [-0.1, -0.05) is 0 Å². The summed E-state index contributed by atoms with van der Waals surface area (Å²) in [5, 5.41) is 15.0. The molecule has 0 bridgehead atoms. The molecular weight excluding hydrogens is 368 g/mol. The zero-order valence-corrected chi connectivity index (χ0v) is 16.5. The van der Waals surface area contributed by atoms with Gasteiger partial charge in [-0.25, -0.2) is 9.50 Å². The van der Waals surface area contributed by atoms with E-state index in [1.807, 2.05) is 52.7 Å². The van der Waals surface area contributed by atoms with Crippen LogP contribution in [0.15, 0.2) is 49.2 Å². The molecule has 1 saturated heterocycles. The summed E-state index contributed by atoms with van der Waals surface area (Å²) in [5.41, 5.74) is 2.92. The van der Waals surface area contributed by atoms with E-state index in [0.717, 1.165) is 54.7 Å². The third-order valence-corrected chi connectivity index (χ3v) is 4.78. The highest BCUT2D eigenvalue weighted by molar-refractivity contribution is 5.73. The van der Waals surface area contributed by atoms with Gasteiger partial charge in [0.2, 0.25) is 5.95 Å². The van der Waals surface area contributed by atoms with Gasteiger partial charge in [0.1, 0.15) is 17.7 Å². The third kappa shape index (κ3) is 3.90. The normalized spacial score (nSPS) is 13.4. The van der Waals surface area contributed by atoms with Crippen LogP contribution in [0.3, 0.4) is 0 Å². The molecule has 29 heavy (non-hydrogen) atoms. The van der Waals surface area contributed by atoms with Crippen LogP contribution in [0.1, 0.15) is 18.5 Å². The molecule has 5 rings (SSSR count). The Morgan fingerprint density at radius 1 is 1.10 bits per heavy atom. The standard InChI is InChI=1S/C19H20N8.CH4O/c1-14-11-15(6-7-20-14)26-12-17(21-13-26)22-18-16-5-4-10-27(16)24-19(23-18)25-8-2-3-9-25;1-2/h4-7,10-13H,2-3,8-9H2,1H3,(H,22,23,24);2H,1H3. The molecule has 0 aromatic carbocycles. The fraction of sp³-hybridized carbons (Fsp3) is 0.300. The summed E-state index contributed by atoms with van der Waals surface area (Å²) in [4.78, 5) is 15.7. The highest BCUT2D eigenvalue weighted by Crippen LogP contribution is 2.24. The number of hydrogen-bond acceptors (Lipinski definition) is 7. The van der Waals surface area contributed by atoms with Crippen LogP contribution in [0.25, 0.3) is 11.2 Å². The molecular formula is C20H24N8O. The van der Waals surface area contributed by atoms with E-state index >= 15 is 0 Å². The lowest BCUT2D eigenvalue weighted by Crippen LogP contribution is -2.22. The number of imidazole rings is 1. The van der Waals surface area contributed by atoms with Gasteiger partial charge in [-0.05, 0) is 44.0 Å². The molecule has 4 aromatic heterocycles. The van der Waals surface area contributed by atoms with E-state index in [1.54, 1.807) is 12.5 Å². The van der Waals surface area contributed by atoms with E-state index in [9.17, 15) is 0 Å². The Kier molecular flexibility index (Phi) is 5.39. The second kappa shape index (κ2) is 8.27. The van der Waals surface area contributed by atoms with Crippen molar-refractivity contribution in [1.29, 1.82) is 0 Å². The first-order chi connectivity index (χ1) is 14.3. The summed E-state index contributed by atoms with van der Waals surface area (Å²) in [6, 6.07) is 7.95. The molecule has 1 aliphatic rings. The molecule has 0 aliphatic carbocycles. The van der Waals surface area contributed by atoms with Gasteiger partial charge in [0.25, 0.3) is 0 Å². The molecule has 0 spiro atoms. The molecule has 0 saturated carbocycles. The zero-order valence-electron chi connectivity index (χ0n) is 16.5. The molecule has 150 valence electrons. The van der Waals surface area contributed by atoms with E-state index < -0.39 is 0 Å². The average Bonchev–Trinajstić information content (AvgIpc) is 3.50. The minimum atomic E-state index is 0.735. The van der Waals surface area contributed by atoms with Crippen LogP contribution in [0.2, 0.25) is 0 Å². The molecule has 2 N–H and O–H groups in total. The first-order valence-corrected chi connectivity index (χ1v) is 9.55. The number of anilines is 3. The number of nitrogens with one attached hydrogen (secondary N) is 1. The number of rotatable bonds is 4. The maximum absolute atomic E-state index is 7.00. The van der Waals surface area contributed by atoms with Crippen molar-refractivity contribution in [2.24, 2.45) is 0 Å². The molecule has 4 aromatic rings. The fourth-order valence-electron chi connectivity index (χ4n) is 3.41. The Hall–Kier alpha value is -3.46. The Labute approximate surface area is 168 Å². The quantitative estimate of drug-likeness (QED) is 0.551. The highest BCUT2D eigenvalue weighted by Gasteiger charge is 2.18. The minimum absolute atomic E-state index is 0.735. The monoisotopic (exact) mass is 392 g/mol. The molecule has 1 fully saturated rings. The van der Waals surface area contributed by atoms with E-state index in [1.165, 1.54) is 12.8 Å². The van der Waals surface area contributed by atoms with Crippen molar-refractivity contribution >= 4 is 23.1 Å². The Balaban J connectivity index is 0.000000994. The summed E-state index contributed by atoms with van der Waals surface area (Å²) in [6.45, 7) is 3.98. The topological polar surface area (TPSA) is 96.4 Å². The first-order valence-electron chi connectivity index (χ1n) is 9.55. The molecule has 0 radical (unpaired) electrons. The van der Waals surface area contributed by atoms with Crippen LogP contribution < -0.4 is 10.2 Å². The molecule has 5 heterocycles. The third-order valence-electron chi connectivity index (χ3n) is 4.78. The van der Waals surface area contributed by atoms with E-state index in [-0.39, 0.29) is 0 Å². The van der Waals surface area contributed by atoms with E-state index in [0.29, 0.717) is 0 Å². The van der Waals surface area contributed by atoms with Crippen LogP contribution >= 0.6 is 0 Å². The Morgan fingerprint density at radius 2 is 1.93 bits per heavy atom. The van der Waals surface area contributed by atoms with Crippen molar-refractivity contribution < 1.29 is 5.11 Å². The highest BCUT2D eigenvalue weighted by atomic mass is 16.2. The number of pyridine rings is 1. The lowest BCUT2D eigenvalue weighted by atomic mass is 10.3. The predicted octanol–water partition coefficient (Wildman–Crippen LogP) is 2.57. The summed E-state index contributed by atoms with van der Waals surface area (Å²) < 4.78 is 3.83. The number of fused-ring (bicyclic) bond motifs is 1. The SMILES string of the molecule is CO.Cc1cc(-n2cnc(Nc3nc(N4CCCC4)nn4cccc34)c2)ccn1. The molecule has 0 atom stereocenters. The summed E-state index contributed by atoms with van der Waals surface area (Å²) in [7, 11) is 1.00. The van der Waals surface area contributed by atoms with Crippen LogP contribution in [0, 0.1) is 6.92 Å². The maximum atomic E-state index is 7.00.